The first-order valence-corrected chi connectivity index (χ1v) is 7.14. The number of hydrogen-bond donors (Lipinski definition) is 2. The highest BCUT2D eigenvalue weighted by Crippen LogP contribution is 2.20. The lowest BCUT2D eigenvalue weighted by Gasteiger charge is -2.21. The van der Waals surface area contributed by atoms with Gasteiger partial charge in [-0.25, -0.2) is 0 Å². The molecule has 0 aliphatic heterocycles. The van der Waals surface area contributed by atoms with E-state index in [4.69, 9.17) is 12.2 Å². The molecule has 0 amide bonds. The van der Waals surface area contributed by atoms with E-state index in [9.17, 15) is 0 Å². The topological polar surface area (TPSA) is 37.0 Å². The minimum absolute atomic E-state index is 0.220. The number of benzene rings is 1. The Hall–Kier alpha value is -1.94. The largest absolute Gasteiger partial charge is 0.356 e. The van der Waals surface area contributed by atoms with Crippen LogP contribution < -0.4 is 10.6 Å². The summed E-state index contributed by atoms with van der Waals surface area (Å²) >= 11 is 5.38. The van der Waals surface area contributed by atoms with E-state index in [1.165, 1.54) is 11.1 Å². The Bertz CT molecular complexity index is 569. The minimum atomic E-state index is 0.220. The first-order chi connectivity index (χ1) is 9.70. The highest BCUT2D eigenvalue weighted by molar-refractivity contribution is 7.80. The second-order valence-electron chi connectivity index (χ2n) is 4.65. The third-order valence-electron chi connectivity index (χ3n) is 3.22. The zero-order chi connectivity index (χ0) is 14.4. The van der Waals surface area contributed by atoms with Crippen LogP contribution in [0.4, 0.5) is 5.69 Å². The Balaban J connectivity index is 2.04. The molecule has 2 rings (SSSR count). The predicted octanol–water partition coefficient (Wildman–Crippen LogP) is 3.83. The Morgan fingerprint density at radius 2 is 1.90 bits per heavy atom. The molecule has 0 saturated heterocycles. The van der Waals surface area contributed by atoms with Crippen LogP contribution in [-0.2, 0) is 0 Å². The normalized spacial score (nSPS) is 11.7. The van der Waals surface area contributed by atoms with Gasteiger partial charge in [0.15, 0.2) is 5.11 Å². The maximum Gasteiger partial charge on any atom is 0.171 e. The van der Waals surface area contributed by atoms with Crippen LogP contribution in [0.25, 0.3) is 0 Å². The van der Waals surface area contributed by atoms with Crippen molar-refractivity contribution in [1.82, 2.24) is 10.3 Å². The van der Waals surface area contributed by atoms with Gasteiger partial charge in [0.2, 0.25) is 0 Å². The number of pyridine rings is 1. The van der Waals surface area contributed by atoms with Crippen molar-refractivity contribution in [3.63, 3.8) is 0 Å². The molecule has 0 saturated carbocycles. The van der Waals surface area contributed by atoms with Crippen LogP contribution in [0, 0.1) is 6.92 Å². The third kappa shape index (κ3) is 3.78. The second-order valence-corrected chi connectivity index (χ2v) is 5.06. The van der Waals surface area contributed by atoms with Crippen LogP contribution in [0.1, 0.15) is 30.5 Å². The number of anilines is 1. The molecule has 1 aromatic carbocycles. The van der Waals surface area contributed by atoms with Gasteiger partial charge in [0.25, 0.3) is 0 Å². The van der Waals surface area contributed by atoms with Crippen molar-refractivity contribution in [2.75, 3.05) is 5.32 Å². The summed E-state index contributed by atoms with van der Waals surface area (Å²) in [6, 6.07) is 12.4. The zero-order valence-electron chi connectivity index (χ0n) is 11.8. The minimum Gasteiger partial charge on any atom is -0.356 e. The van der Waals surface area contributed by atoms with Gasteiger partial charge in [0.1, 0.15) is 0 Å². The lowest BCUT2D eigenvalue weighted by Crippen LogP contribution is -2.32. The van der Waals surface area contributed by atoms with Crippen LogP contribution in [0.3, 0.4) is 0 Å². The van der Waals surface area contributed by atoms with Crippen molar-refractivity contribution in [3.05, 3.63) is 59.9 Å². The van der Waals surface area contributed by atoms with Crippen molar-refractivity contribution in [3.8, 4) is 0 Å². The van der Waals surface area contributed by atoms with Crippen LogP contribution in [-0.4, -0.2) is 10.1 Å². The molecule has 1 unspecified atom stereocenters. The molecule has 0 fully saturated rings. The van der Waals surface area contributed by atoms with E-state index in [1.807, 2.05) is 12.1 Å². The highest BCUT2D eigenvalue weighted by Gasteiger charge is 2.12. The van der Waals surface area contributed by atoms with Crippen LogP contribution in [0.5, 0.6) is 0 Å². The molecule has 2 aromatic rings. The van der Waals surface area contributed by atoms with E-state index >= 15 is 0 Å². The van der Waals surface area contributed by atoms with E-state index in [1.54, 1.807) is 12.4 Å². The lowest BCUT2D eigenvalue weighted by atomic mass is 10.00. The molecule has 1 atom stereocenters. The van der Waals surface area contributed by atoms with Crippen LogP contribution >= 0.6 is 12.2 Å². The van der Waals surface area contributed by atoms with E-state index in [-0.39, 0.29) is 6.04 Å². The number of hydrogen-bond acceptors (Lipinski definition) is 2. The lowest BCUT2D eigenvalue weighted by molar-refractivity contribution is 0.625. The molecule has 1 aromatic heterocycles. The van der Waals surface area contributed by atoms with E-state index < -0.39 is 0 Å². The van der Waals surface area contributed by atoms with Crippen LogP contribution in [0.15, 0.2) is 48.8 Å². The van der Waals surface area contributed by atoms with Gasteiger partial charge < -0.3 is 10.6 Å². The fourth-order valence-electron chi connectivity index (χ4n) is 2.14. The second kappa shape index (κ2) is 7.01. The Morgan fingerprint density at radius 3 is 2.55 bits per heavy atom. The number of nitrogens with zero attached hydrogens (tertiary/aromatic N) is 1. The van der Waals surface area contributed by atoms with E-state index in [0.29, 0.717) is 5.11 Å². The van der Waals surface area contributed by atoms with E-state index in [2.05, 4.69) is 53.7 Å². The summed E-state index contributed by atoms with van der Waals surface area (Å²) in [5, 5.41) is 7.18. The number of nitrogens with one attached hydrogen (secondary N) is 2. The predicted molar refractivity (Wildman–Crippen MR) is 87.8 cm³/mol. The molecule has 1 heterocycles. The van der Waals surface area contributed by atoms with Gasteiger partial charge in [-0.15, -0.1) is 0 Å². The SMILES string of the molecule is CCC(NC(=S)Nc1ccncc1)c1ccccc1C. The molecular weight excluding hydrogens is 266 g/mol. The number of aromatic nitrogens is 1. The molecular formula is C16H19N3S. The van der Waals surface area contributed by atoms with Crippen LogP contribution in [0.2, 0.25) is 0 Å². The van der Waals surface area contributed by atoms with Gasteiger partial charge in [-0.05, 0) is 48.8 Å². The molecule has 0 spiro atoms. The summed E-state index contributed by atoms with van der Waals surface area (Å²) in [6.45, 7) is 4.28. The standard InChI is InChI=1S/C16H19N3S/c1-3-15(14-7-5-4-6-12(14)2)19-16(20)18-13-8-10-17-11-9-13/h4-11,15H,3H2,1-2H3,(H2,17,18,19,20). The van der Waals surface area contributed by atoms with Crippen molar-refractivity contribution < 1.29 is 0 Å². The molecule has 104 valence electrons. The summed E-state index contributed by atoms with van der Waals surface area (Å²) in [6.07, 6.45) is 4.45. The molecule has 0 aliphatic carbocycles. The molecule has 4 heteroatoms. The summed E-state index contributed by atoms with van der Waals surface area (Å²) < 4.78 is 0. The van der Waals surface area contributed by atoms with Gasteiger partial charge >= 0.3 is 0 Å². The Labute approximate surface area is 125 Å². The Morgan fingerprint density at radius 1 is 1.20 bits per heavy atom. The first-order valence-electron chi connectivity index (χ1n) is 6.73. The third-order valence-corrected chi connectivity index (χ3v) is 3.44. The average Bonchev–Trinajstić information content (AvgIpc) is 2.46. The van der Waals surface area contributed by atoms with Crippen molar-refractivity contribution in [2.24, 2.45) is 0 Å². The number of aryl methyl sites for hydroxylation is 1. The molecule has 2 N–H and O–H groups in total. The van der Waals surface area contributed by atoms with Gasteiger partial charge in [0, 0.05) is 18.1 Å². The number of rotatable bonds is 4. The maximum absolute atomic E-state index is 5.38. The van der Waals surface area contributed by atoms with Gasteiger partial charge in [-0.3, -0.25) is 4.98 Å². The average molecular weight is 285 g/mol. The number of thiocarbonyl (C=S) groups is 1. The van der Waals surface area contributed by atoms with Crippen molar-refractivity contribution in [1.29, 1.82) is 0 Å². The smallest absolute Gasteiger partial charge is 0.171 e. The fourth-order valence-corrected chi connectivity index (χ4v) is 2.40. The van der Waals surface area contributed by atoms with Gasteiger partial charge in [-0.1, -0.05) is 31.2 Å². The molecule has 0 bridgehead atoms. The van der Waals surface area contributed by atoms with E-state index in [0.717, 1.165) is 12.1 Å². The summed E-state index contributed by atoms with van der Waals surface area (Å²) in [5.41, 5.74) is 3.50. The fraction of sp³-hybridized carbons (Fsp3) is 0.250. The maximum atomic E-state index is 5.38. The summed E-state index contributed by atoms with van der Waals surface area (Å²) in [4.78, 5) is 3.99. The molecule has 3 nitrogen and oxygen atoms in total. The van der Waals surface area contributed by atoms with Crippen molar-refractivity contribution in [2.45, 2.75) is 26.3 Å². The van der Waals surface area contributed by atoms with Gasteiger partial charge in [0.05, 0.1) is 6.04 Å². The molecule has 20 heavy (non-hydrogen) atoms. The monoisotopic (exact) mass is 285 g/mol. The van der Waals surface area contributed by atoms with Crippen molar-refractivity contribution >= 4 is 23.0 Å². The quantitative estimate of drug-likeness (QED) is 0.837. The Kier molecular flexibility index (Phi) is 5.07. The molecule has 0 aliphatic rings. The highest BCUT2D eigenvalue weighted by atomic mass is 32.1. The van der Waals surface area contributed by atoms with Gasteiger partial charge in [-0.2, -0.15) is 0 Å². The summed E-state index contributed by atoms with van der Waals surface area (Å²) in [7, 11) is 0. The zero-order valence-corrected chi connectivity index (χ0v) is 12.6. The first kappa shape index (κ1) is 14.5. The molecule has 0 radical (unpaired) electrons. The summed E-state index contributed by atoms with van der Waals surface area (Å²) in [5.74, 6) is 0.